The van der Waals surface area contributed by atoms with Crippen molar-refractivity contribution < 1.29 is 17.9 Å². The number of hydrogen-bond acceptors (Lipinski definition) is 5. The molecular formula is C20H20N2O4S2. The number of methoxy groups -OCH3 is 1. The number of ether oxygens (including phenoxy) is 1. The maximum Gasteiger partial charge on any atom is 0.279 e. The Balaban J connectivity index is 2.11. The number of amides is 1. The molecule has 1 aromatic heterocycles. The van der Waals surface area contributed by atoms with E-state index >= 15 is 0 Å². The highest BCUT2D eigenvalue weighted by molar-refractivity contribution is 7.91. The van der Waals surface area contributed by atoms with Crippen molar-refractivity contribution in [2.24, 2.45) is 4.99 Å². The molecule has 1 heterocycles. The third kappa shape index (κ3) is 3.93. The summed E-state index contributed by atoms with van der Waals surface area (Å²) in [6.45, 7) is 5.82. The van der Waals surface area contributed by atoms with E-state index in [0.29, 0.717) is 11.3 Å². The van der Waals surface area contributed by atoms with Crippen LogP contribution in [0.2, 0.25) is 0 Å². The van der Waals surface area contributed by atoms with Gasteiger partial charge in [-0.1, -0.05) is 30.4 Å². The lowest BCUT2D eigenvalue weighted by molar-refractivity contribution is 0.0997. The van der Waals surface area contributed by atoms with Crippen LogP contribution in [0.5, 0.6) is 5.75 Å². The average molecular weight is 417 g/mol. The highest BCUT2D eigenvalue weighted by atomic mass is 32.2. The second-order valence-electron chi connectivity index (χ2n) is 5.97. The molecule has 3 aromatic rings. The average Bonchev–Trinajstić information content (AvgIpc) is 3.04. The van der Waals surface area contributed by atoms with Crippen molar-refractivity contribution >= 4 is 37.3 Å². The van der Waals surface area contributed by atoms with Gasteiger partial charge in [0.1, 0.15) is 5.75 Å². The van der Waals surface area contributed by atoms with E-state index in [0.717, 1.165) is 16.0 Å². The van der Waals surface area contributed by atoms with Crippen molar-refractivity contribution in [3.05, 3.63) is 65.5 Å². The number of carbonyl (C=O) groups excluding carboxylic acids is 1. The van der Waals surface area contributed by atoms with E-state index in [1.165, 1.54) is 23.5 Å². The lowest BCUT2D eigenvalue weighted by atomic mass is 10.2. The minimum absolute atomic E-state index is 0.0285. The van der Waals surface area contributed by atoms with Crippen LogP contribution in [-0.2, 0) is 16.4 Å². The van der Waals surface area contributed by atoms with Crippen LogP contribution in [0.25, 0.3) is 10.2 Å². The Labute approximate surface area is 167 Å². The van der Waals surface area contributed by atoms with Gasteiger partial charge < -0.3 is 9.30 Å². The smallest absolute Gasteiger partial charge is 0.279 e. The number of rotatable bonds is 6. The van der Waals surface area contributed by atoms with Gasteiger partial charge in [0.2, 0.25) is 0 Å². The van der Waals surface area contributed by atoms with Gasteiger partial charge in [0, 0.05) is 12.1 Å². The summed E-state index contributed by atoms with van der Waals surface area (Å²) in [7, 11) is -1.80. The van der Waals surface area contributed by atoms with Crippen LogP contribution in [-0.4, -0.2) is 31.8 Å². The topological polar surface area (TPSA) is 77.7 Å². The second kappa shape index (κ2) is 8.12. The van der Waals surface area contributed by atoms with E-state index in [1.807, 2.05) is 22.8 Å². The fourth-order valence-corrected chi connectivity index (χ4v) is 4.70. The van der Waals surface area contributed by atoms with Crippen molar-refractivity contribution in [2.75, 3.05) is 12.9 Å². The summed E-state index contributed by atoms with van der Waals surface area (Å²) >= 11 is 1.36. The van der Waals surface area contributed by atoms with E-state index in [9.17, 15) is 13.2 Å². The Bertz CT molecular complexity index is 1220. The van der Waals surface area contributed by atoms with Gasteiger partial charge in [-0.05, 0) is 36.4 Å². The van der Waals surface area contributed by atoms with E-state index in [2.05, 4.69) is 11.6 Å². The van der Waals surface area contributed by atoms with Crippen LogP contribution < -0.4 is 9.54 Å². The Morgan fingerprint density at radius 2 is 2.07 bits per heavy atom. The molecule has 0 aliphatic heterocycles. The molecule has 146 valence electrons. The predicted octanol–water partition coefficient (Wildman–Crippen LogP) is 3.43. The van der Waals surface area contributed by atoms with Crippen LogP contribution in [0.1, 0.15) is 17.3 Å². The minimum atomic E-state index is -3.40. The van der Waals surface area contributed by atoms with Crippen molar-refractivity contribution in [1.29, 1.82) is 0 Å². The van der Waals surface area contributed by atoms with Gasteiger partial charge in [-0.3, -0.25) is 4.79 Å². The molecule has 28 heavy (non-hydrogen) atoms. The summed E-state index contributed by atoms with van der Waals surface area (Å²) in [5.74, 6) is 0.193. The summed E-state index contributed by atoms with van der Waals surface area (Å²) in [6, 6.07) is 11.6. The molecule has 0 radical (unpaired) electrons. The lowest BCUT2D eigenvalue weighted by Crippen LogP contribution is -2.16. The molecule has 0 atom stereocenters. The monoisotopic (exact) mass is 416 g/mol. The predicted molar refractivity (Wildman–Crippen MR) is 111 cm³/mol. The van der Waals surface area contributed by atoms with Gasteiger partial charge in [-0.2, -0.15) is 4.99 Å². The number of nitrogens with zero attached hydrogens (tertiary/aromatic N) is 2. The molecule has 0 aliphatic carbocycles. The number of hydrogen-bond donors (Lipinski definition) is 0. The zero-order valence-electron chi connectivity index (χ0n) is 15.6. The number of allylic oxidation sites excluding steroid dienone is 1. The number of aromatic nitrogens is 1. The Morgan fingerprint density at radius 1 is 1.29 bits per heavy atom. The highest BCUT2D eigenvalue weighted by Gasteiger charge is 2.15. The Hall–Kier alpha value is -2.71. The zero-order valence-corrected chi connectivity index (χ0v) is 17.2. The molecule has 0 saturated carbocycles. The molecule has 6 nitrogen and oxygen atoms in total. The number of sulfone groups is 1. The van der Waals surface area contributed by atoms with Crippen molar-refractivity contribution in [2.45, 2.75) is 18.4 Å². The largest absolute Gasteiger partial charge is 0.497 e. The molecule has 2 aromatic carbocycles. The zero-order chi connectivity index (χ0) is 20.3. The molecule has 8 heteroatoms. The van der Waals surface area contributed by atoms with Crippen LogP contribution in [0, 0.1) is 0 Å². The van der Waals surface area contributed by atoms with E-state index in [-0.39, 0.29) is 16.2 Å². The first-order valence-corrected chi connectivity index (χ1v) is 11.1. The first-order chi connectivity index (χ1) is 13.4. The maximum absolute atomic E-state index is 12.7. The van der Waals surface area contributed by atoms with Crippen LogP contribution in [0.4, 0.5) is 0 Å². The van der Waals surface area contributed by atoms with Crippen LogP contribution >= 0.6 is 11.3 Å². The first-order valence-electron chi connectivity index (χ1n) is 8.59. The molecule has 0 aliphatic rings. The number of fused-ring (bicyclic) bond motifs is 1. The second-order valence-corrected chi connectivity index (χ2v) is 9.25. The maximum atomic E-state index is 12.7. The number of thiazole rings is 1. The van der Waals surface area contributed by atoms with Crippen LogP contribution in [0.3, 0.4) is 0 Å². The SMILES string of the molecule is C=CCn1c(=NC(=O)c2cccc(S(=O)(=O)CC)c2)sc2cc(OC)ccc21. The molecule has 0 spiro atoms. The minimum Gasteiger partial charge on any atom is -0.497 e. The molecule has 1 amide bonds. The molecule has 0 saturated heterocycles. The van der Waals surface area contributed by atoms with Gasteiger partial charge in [-0.15, -0.1) is 6.58 Å². The summed E-state index contributed by atoms with van der Waals surface area (Å²) < 4.78 is 32.2. The third-order valence-electron chi connectivity index (χ3n) is 4.22. The summed E-state index contributed by atoms with van der Waals surface area (Å²) in [4.78, 5) is 17.6. The van der Waals surface area contributed by atoms with Crippen LogP contribution in [0.15, 0.2) is 65.0 Å². The quantitative estimate of drug-likeness (QED) is 0.577. The van der Waals surface area contributed by atoms with Crippen molar-refractivity contribution in [3.63, 3.8) is 0 Å². The fraction of sp³-hybridized carbons (Fsp3) is 0.200. The Morgan fingerprint density at radius 3 is 2.75 bits per heavy atom. The highest BCUT2D eigenvalue weighted by Crippen LogP contribution is 2.23. The molecule has 0 bridgehead atoms. The van der Waals surface area contributed by atoms with E-state index in [4.69, 9.17) is 4.74 Å². The molecule has 3 rings (SSSR count). The number of benzene rings is 2. The first kappa shape index (κ1) is 20.0. The Kier molecular flexibility index (Phi) is 5.81. The van der Waals surface area contributed by atoms with E-state index in [1.54, 1.807) is 32.2 Å². The summed E-state index contributed by atoms with van der Waals surface area (Å²) in [5, 5.41) is 0. The normalized spacial score (nSPS) is 12.3. The molecule has 0 unspecified atom stereocenters. The molecule has 0 fully saturated rings. The fourth-order valence-electron chi connectivity index (χ4n) is 2.71. The molecule has 0 N–H and O–H groups in total. The molecular weight excluding hydrogens is 396 g/mol. The van der Waals surface area contributed by atoms with Gasteiger partial charge in [0.25, 0.3) is 5.91 Å². The van der Waals surface area contributed by atoms with Gasteiger partial charge in [0.05, 0.1) is 28.0 Å². The summed E-state index contributed by atoms with van der Waals surface area (Å²) in [5.41, 5.74) is 1.15. The van der Waals surface area contributed by atoms with E-state index < -0.39 is 15.7 Å². The third-order valence-corrected chi connectivity index (χ3v) is 6.99. The van der Waals surface area contributed by atoms with Gasteiger partial charge in [-0.25, -0.2) is 8.42 Å². The lowest BCUT2D eigenvalue weighted by Gasteiger charge is -2.03. The standard InChI is InChI=1S/C20H20N2O4S2/c1-4-11-22-17-10-9-15(26-3)13-18(17)27-20(22)21-19(23)14-7-6-8-16(12-14)28(24,25)5-2/h4,6-10,12-13H,1,5,11H2,2-3H3. The van der Waals surface area contributed by atoms with Gasteiger partial charge in [0.15, 0.2) is 14.6 Å². The van der Waals surface area contributed by atoms with Crippen molar-refractivity contribution in [1.82, 2.24) is 4.57 Å². The van der Waals surface area contributed by atoms with Crippen molar-refractivity contribution in [3.8, 4) is 5.75 Å². The van der Waals surface area contributed by atoms with Gasteiger partial charge >= 0.3 is 0 Å². The number of carbonyl (C=O) groups is 1. The summed E-state index contributed by atoms with van der Waals surface area (Å²) in [6.07, 6.45) is 1.73.